The summed E-state index contributed by atoms with van der Waals surface area (Å²) in [5.41, 5.74) is 3.38. The molecule has 1 fully saturated rings. The van der Waals surface area contributed by atoms with Crippen LogP contribution in [0.25, 0.3) is 0 Å². The molecule has 3 rings (SSSR count). The molecule has 0 spiro atoms. The zero-order valence-electron chi connectivity index (χ0n) is 12.2. The van der Waals surface area contributed by atoms with Crippen molar-refractivity contribution in [3.8, 4) is 6.07 Å². The molecule has 1 aliphatic rings. The summed E-state index contributed by atoms with van der Waals surface area (Å²) in [6.07, 6.45) is 3.64. The van der Waals surface area contributed by atoms with Crippen molar-refractivity contribution in [2.45, 2.75) is 19.3 Å². The standard InChI is InChI=1S/C19H20N2/c20-15-18-7-4-8-19(14-18)21-11-9-17(10-12-21)13-16-5-2-1-3-6-16/h1-8,14,17H,9-13H2. The van der Waals surface area contributed by atoms with Gasteiger partial charge >= 0.3 is 0 Å². The van der Waals surface area contributed by atoms with Crippen LogP contribution in [0.15, 0.2) is 54.6 Å². The van der Waals surface area contributed by atoms with Gasteiger partial charge in [-0.15, -0.1) is 0 Å². The summed E-state index contributed by atoms with van der Waals surface area (Å²) < 4.78 is 0. The molecule has 0 aliphatic carbocycles. The first kappa shape index (κ1) is 13.7. The minimum atomic E-state index is 0.749. The maximum absolute atomic E-state index is 9.00. The predicted octanol–water partition coefficient (Wildman–Crippen LogP) is 4.02. The van der Waals surface area contributed by atoms with Gasteiger partial charge in [0.15, 0.2) is 0 Å². The average molecular weight is 276 g/mol. The summed E-state index contributed by atoms with van der Waals surface area (Å²) in [6, 6.07) is 20.9. The fourth-order valence-electron chi connectivity index (χ4n) is 3.11. The molecule has 21 heavy (non-hydrogen) atoms. The third kappa shape index (κ3) is 3.44. The van der Waals surface area contributed by atoms with Crippen LogP contribution < -0.4 is 4.90 Å². The number of anilines is 1. The molecule has 0 saturated carbocycles. The summed E-state index contributed by atoms with van der Waals surface area (Å²) in [7, 11) is 0. The molecule has 1 heterocycles. The molecule has 0 unspecified atom stereocenters. The average Bonchev–Trinajstić information content (AvgIpc) is 2.56. The predicted molar refractivity (Wildman–Crippen MR) is 86.2 cm³/mol. The van der Waals surface area contributed by atoms with Crippen molar-refractivity contribution in [2.75, 3.05) is 18.0 Å². The number of piperidine rings is 1. The molecular formula is C19H20N2. The van der Waals surface area contributed by atoms with Crippen LogP contribution >= 0.6 is 0 Å². The molecule has 0 bridgehead atoms. The van der Waals surface area contributed by atoms with Gasteiger partial charge in [0, 0.05) is 18.8 Å². The number of nitrogens with zero attached hydrogens (tertiary/aromatic N) is 2. The zero-order valence-corrected chi connectivity index (χ0v) is 12.2. The van der Waals surface area contributed by atoms with Gasteiger partial charge in [-0.3, -0.25) is 0 Å². The van der Waals surface area contributed by atoms with Gasteiger partial charge in [-0.1, -0.05) is 36.4 Å². The summed E-state index contributed by atoms with van der Waals surface area (Å²) >= 11 is 0. The molecule has 0 aromatic heterocycles. The van der Waals surface area contributed by atoms with Crippen LogP contribution in [-0.4, -0.2) is 13.1 Å². The molecular weight excluding hydrogens is 256 g/mol. The molecule has 106 valence electrons. The van der Waals surface area contributed by atoms with Gasteiger partial charge < -0.3 is 4.90 Å². The lowest BCUT2D eigenvalue weighted by Gasteiger charge is -2.33. The Kier molecular flexibility index (Phi) is 4.21. The SMILES string of the molecule is N#Cc1cccc(N2CCC(Cc3ccccc3)CC2)c1. The highest BCUT2D eigenvalue weighted by Gasteiger charge is 2.19. The number of rotatable bonds is 3. The monoisotopic (exact) mass is 276 g/mol. The van der Waals surface area contributed by atoms with E-state index in [0.29, 0.717) is 0 Å². The van der Waals surface area contributed by atoms with Gasteiger partial charge in [-0.2, -0.15) is 5.26 Å². The smallest absolute Gasteiger partial charge is 0.0992 e. The Balaban J connectivity index is 1.59. The van der Waals surface area contributed by atoms with Crippen LogP contribution in [0.2, 0.25) is 0 Å². The number of hydrogen-bond acceptors (Lipinski definition) is 2. The van der Waals surface area contributed by atoms with Crippen molar-refractivity contribution in [1.29, 1.82) is 5.26 Å². The van der Waals surface area contributed by atoms with Crippen molar-refractivity contribution in [3.63, 3.8) is 0 Å². The maximum Gasteiger partial charge on any atom is 0.0992 e. The van der Waals surface area contributed by atoms with Crippen molar-refractivity contribution >= 4 is 5.69 Å². The number of hydrogen-bond donors (Lipinski definition) is 0. The van der Waals surface area contributed by atoms with E-state index in [0.717, 1.165) is 24.6 Å². The molecule has 2 aromatic rings. The van der Waals surface area contributed by atoms with Crippen LogP contribution in [-0.2, 0) is 6.42 Å². The van der Waals surface area contributed by atoms with Crippen molar-refractivity contribution in [3.05, 3.63) is 65.7 Å². The Morgan fingerprint density at radius 3 is 2.48 bits per heavy atom. The van der Waals surface area contributed by atoms with Crippen LogP contribution in [0.4, 0.5) is 5.69 Å². The van der Waals surface area contributed by atoms with E-state index in [2.05, 4.69) is 47.4 Å². The lowest BCUT2D eigenvalue weighted by molar-refractivity contribution is 0.404. The van der Waals surface area contributed by atoms with Crippen LogP contribution in [0.1, 0.15) is 24.0 Å². The van der Waals surface area contributed by atoms with E-state index in [1.165, 1.54) is 30.5 Å². The number of nitriles is 1. The molecule has 0 atom stereocenters. The van der Waals surface area contributed by atoms with Crippen LogP contribution in [0.3, 0.4) is 0 Å². The normalized spacial score (nSPS) is 15.7. The third-order valence-electron chi connectivity index (χ3n) is 4.32. The first-order valence-electron chi connectivity index (χ1n) is 7.64. The summed E-state index contributed by atoms with van der Waals surface area (Å²) in [5.74, 6) is 0.780. The molecule has 0 N–H and O–H groups in total. The molecule has 2 nitrogen and oxygen atoms in total. The van der Waals surface area contributed by atoms with E-state index in [-0.39, 0.29) is 0 Å². The van der Waals surface area contributed by atoms with E-state index in [1.807, 2.05) is 18.2 Å². The second kappa shape index (κ2) is 6.45. The molecule has 0 radical (unpaired) electrons. The Morgan fingerprint density at radius 1 is 1.00 bits per heavy atom. The quantitative estimate of drug-likeness (QED) is 0.846. The highest BCUT2D eigenvalue weighted by molar-refractivity contribution is 5.51. The fourth-order valence-corrected chi connectivity index (χ4v) is 3.11. The molecule has 2 heteroatoms. The lowest BCUT2D eigenvalue weighted by atomic mass is 9.90. The first-order valence-corrected chi connectivity index (χ1v) is 7.64. The Labute approximate surface area is 126 Å². The summed E-state index contributed by atoms with van der Waals surface area (Å²) in [6.45, 7) is 2.18. The molecule has 2 aromatic carbocycles. The maximum atomic E-state index is 9.00. The summed E-state index contributed by atoms with van der Waals surface area (Å²) in [4.78, 5) is 2.41. The van der Waals surface area contributed by atoms with Gasteiger partial charge in [-0.25, -0.2) is 0 Å². The van der Waals surface area contributed by atoms with Gasteiger partial charge in [0.25, 0.3) is 0 Å². The van der Waals surface area contributed by atoms with E-state index in [1.54, 1.807) is 0 Å². The van der Waals surface area contributed by atoms with E-state index in [9.17, 15) is 0 Å². The van der Waals surface area contributed by atoms with E-state index in [4.69, 9.17) is 5.26 Å². The van der Waals surface area contributed by atoms with Crippen LogP contribution in [0.5, 0.6) is 0 Å². The fraction of sp³-hybridized carbons (Fsp3) is 0.316. The lowest BCUT2D eigenvalue weighted by Crippen LogP contribution is -2.34. The summed E-state index contributed by atoms with van der Waals surface area (Å²) in [5, 5.41) is 9.00. The van der Waals surface area contributed by atoms with Gasteiger partial charge in [0.2, 0.25) is 0 Å². The highest BCUT2D eigenvalue weighted by atomic mass is 15.1. The second-order valence-electron chi connectivity index (χ2n) is 5.78. The van der Waals surface area contributed by atoms with E-state index >= 15 is 0 Å². The minimum Gasteiger partial charge on any atom is -0.371 e. The highest BCUT2D eigenvalue weighted by Crippen LogP contribution is 2.26. The molecule has 1 aliphatic heterocycles. The Bertz CT molecular complexity index is 620. The van der Waals surface area contributed by atoms with Gasteiger partial charge in [-0.05, 0) is 48.9 Å². The molecule has 1 saturated heterocycles. The Morgan fingerprint density at radius 2 is 1.76 bits per heavy atom. The van der Waals surface area contributed by atoms with Crippen LogP contribution in [0, 0.1) is 17.2 Å². The second-order valence-corrected chi connectivity index (χ2v) is 5.78. The number of benzene rings is 2. The van der Waals surface area contributed by atoms with Gasteiger partial charge in [0.1, 0.15) is 0 Å². The van der Waals surface area contributed by atoms with Crippen molar-refractivity contribution in [2.24, 2.45) is 5.92 Å². The Hall–Kier alpha value is -2.27. The van der Waals surface area contributed by atoms with E-state index < -0.39 is 0 Å². The van der Waals surface area contributed by atoms with Crippen molar-refractivity contribution < 1.29 is 0 Å². The van der Waals surface area contributed by atoms with Gasteiger partial charge in [0.05, 0.1) is 11.6 Å². The zero-order chi connectivity index (χ0) is 14.5. The molecule has 0 amide bonds. The minimum absolute atomic E-state index is 0.749. The largest absolute Gasteiger partial charge is 0.371 e. The first-order chi connectivity index (χ1) is 10.3. The topological polar surface area (TPSA) is 27.0 Å². The van der Waals surface area contributed by atoms with Crippen molar-refractivity contribution in [1.82, 2.24) is 0 Å². The third-order valence-corrected chi connectivity index (χ3v) is 4.32.